The molecule has 0 bridgehead atoms. The number of para-hydroxylation sites is 2. The third-order valence-corrected chi connectivity index (χ3v) is 7.38. The Bertz CT molecular complexity index is 1990. The van der Waals surface area contributed by atoms with Crippen LogP contribution in [0.3, 0.4) is 0 Å². The molecule has 186 valence electrons. The lowest BCUT2D eigenvalue weighted by molar-refractivity contribution is 0.102. The molecule has 0 unspecified atom stereocenters. The number of fused-ring (bicyclic) bond motifs is 2. The van der Waals surface area contributed by atoms with Crippen LogP contribution in [-0.2, 0) is 10.0 Å². The molecule has 0 aliphatic carbocycles. The number of hydrogen-bond acceptors (Lipinski definition) is 5. The van der Waals surface area contributed by atoms with Crippen molar-refractivity contribution < 1.29 is 17.9 Å². The van der Waals surface area contributed by atoms with Crippen molar-refractivity contribution in [2.45, 2.75) is 4.90 Å². The first kappa shape index (κ1) is 23.6. The van der Waals surface area contributed by atoms with Crippen LogP contribution in [0.15, 0.2) is 113 Å². The standard InChI is InChI=1S/C30H20N2O5S/c31-38(35,36)26-12-6-3-8-21(26)18-13-15-19(16-14-18)30(34)32-24-10-4-5-11-25(24)37-29-22-9-2-1-7-20(22)17-23-27(29)28(23)33/h1-17H,(H,32,34)(H2,31,35,36). The van der Waals surface area contributed by atoms with E-state index in [1.165, 1.54) is 6.07 Å². The van der Waals surface area contributed by atoms with Crippen LogP contribution in [-0.4, -0.2) is 14.3 Å². The second kappa shape index (κ2) is 8.95. The van der Waals surface area contributed by atoms with Crippen LogP contribution in [0.4, 0.5) is 5.69 Å². The highest BCUT2D eigenvalue weighted by Crippen LogP contribution is 2.40. The summed E-state index contributed by atoms with van der Waals surface area (Å²) in [5.41, 5.74) is 1.82. The van der Waals surface area contributed by atoms with E-state index in [1.54, 1.807) is 66.7 Å². The number of ether oxygens (including phenoxy) is 1. The topological polar surface area (TPSA) is 116 Å². The molecule has 6 rings (SSSR count). The van der Waals surface area contributed by atoms with E-state index >= 15 is 0 Å². The van der Waals surface area contributed by atoms with Gasteiger partial charge in [-0.15, -0.1) is 0 Å². The highest BCUT2D eigenvalue weighted by atomic mass is 32.2. The van der Waals surface area contributed by atoms with E-state index in [1.807, 2.05) is 30.3 Å². The van der Waals surface area contributed by atoms with Gasteiger partial charge in [0.2, 0.25) is 10.0 Å². The van der Waals surface area contributed by atoms with Crippen molar-refractivity contribution in [3.8, 4) is 22.6 Å². The Morgan fingerprint density at radius 2 is 1.47 bits per heavy atom. The van der Waals surface area contributed by atoms with Crippen LogP contribution in [0.5, 0.6) is 11.5 Å². The van der Waals surface area contributed by atoms with Crippen LogP contribution >= 0.6 is 0 Å². The largest absolute Gasteiger partial charge is 0.454 e. The number of anilines is 1. The summed E-state index contributed by atoms with van der Waals surface area (Å²) >= 11 is 0. The Kier molecular flexibility index (Phi) is 5.56. The Hall–Kier alpha value is -4.79. The van der Waals surface area contributed by atoms with Gasteiger partial charge in [0.05, 0.1) is 16.0 Å². The summed E-state index contributed by atoms with van der Waals surface area (Å²) in [6.45, 7) is 0. The van der Waals surface area contributed by atoms with Crippen molar-refractivity contribution in [3.05, 3.63) is 119 Å². The zero-order valence-electron chi connectivity index (χ0n) is 19.8. The van der Waals surface area contributed by atoms with Gasteiger partial charge < -0.3 is 10.1 Å². The molecule has 7 nitrogen and oxygen atoms in total. The second-order valence-corrected chi connectivity index (χ2v) is 10.4. The average Bonchev–Trinajstić information content (AvgIpc) is 3.57. The zero-order chi connectivity index (χ0) is 26.4. The minimum absolute atomic E-state index is 0.00933. The molecule has 0 spiro atoms. The van der Waals surface area contributed by atoms with Gasteiger partial charge in [-0.3, -0.25) is 9.59 Å². The summed E-state index contributed by atoms with van der Waals surface area (Å²) in [6, 6.07) is 29.4. The molecule has 0 radical (unpaired) electrons. The first-order chi connectivity index (χ1) is 18.3. The summed E-state index contributed by atoms with van der Waals surface area (Å²) in [5, 5.41) is 11.1. The van der Waals surface area contributed by atoms with Crippen LogP contribution in [0.1, 0.15) is 10.4 Å². The number of carbonyl (C=O) groups excluding carboxylic acids is 1. The van der Waals surface area contributed by atoms with Crippen LogP contribution in [0, 0.1) is 0 Å². The summed E-state index contributed by atoms with van der Waals surface area (Å²) in [7, 11) is -3.91. The molecule has 6 aromatic rings. The van der Waals surface area contributed by atoms with E-state index in [-0.39, 0.29) is 16.2 Å². The minimum atomic E-state index is -3.91. The highest BCUT2D eigenvalue weighted by Gasteiger charge is 2.23. The number of rotatable bonds is 6. The molecule has 0 atom stereocenters. The predicted molar refractivity (Wildman–Crippen MR) is 148 cm³/mol. The van der Waals surface area contributed by atoms with E-state index < -0.39 is 10.0 Å². The van der Waals surface area contributed by atoms with Gasteiger partial charge >= 0.3 is 0 Å². The molecule has 3 N–H and O–H groups in total. The molecule has 0 aliphatic heterocycles. The maximum absolute atomic E-state index is 13.1. The first-order valence-electron chi connectivity index (χ1n) is 11.7. The SMILES string of the molecule is NS(=O)(=O)c1ccccc1-c1ccc(C(=O)Nc2ccccc2Oc2c3ccccc3cc3c(=O)c23)cc1. The van der Waals surface area contributed by atoms with Crippen LogP contribution in [0.25, 0.3) is 32.7 Å². The summed E-state index contributed by atoms with van der Waals surface area (Å²) in [6.07, 6.45) is 0. The van der Waals surface area contributed by atoms with Crippen molar-refractivity contribution in [3.63, 3.8) is 0 Å². The number of primary sulfonamides is 1. The Balaban J connectivity index is 1.28. The fourth-order valence-corrected chi connectivity index (χ4v) is 5.25. The lowest BCUT2D eigenvalue weighted by Crippen LogP contribution is -2.13. The van der Waals surface area contributed by atoms with Gasteiger partial charge in [-0.1, -0.05) is 66.7 Å². The van der Waals surface area contributed by atoms with E-state index in [4.69, 9.17) is 9.88 Å². The van der Waals surface area contributed by atoms with E-state index in [0.29, 0.717) is 44.6 Å². The molecule has 0 saturated heterocycles. The quantitative estimate of drug-likeness (QED) is 0.297. The number of sulfonamides is 1. The zero-order valence-corrected chi connectivity index (χ0v) is 20.7. The molecule has 0 saturated carbocycles. The molecule has 8 heteroatoms. The number of benzene rings is 5. The second-order valence-electron chi connectivity index (χ2n) is 8.85. The van der Waals surface area contributed by atoms with Gasteiger partial charge in [-0.05, 0) is 47.3 Å². The first-order valence-corrected chi connectivity index (χ1v) is 13.3. The fraction of sp³-hybridized carbons (Fsp3) is 0. The van der Waals surface area contributed by atoms with Crippen LogP contribution in [0.2, 0.25) is 0 Å². The number of amides is 1. The van der Waals surface area contributed by atoms with E-state index in [9.17, 15) is 18.0 Å². The smallest absolute Gasteiger partial charge is 0.255 e. The van der Waals surface area contributed by atoms with Gasteiger partial charge in [0.25, 0.3) is 5.91 Å². The van der Waals surface area contributed by atoms with E-state index in [0.717, 1.165) is 10.8 Å². The Morgan fingerprint density at radius 3 is 2.26 bits per heavy atom. The average molecular weight is 521 g/mol. The lowest BCUT2D eigenvalue weighted by Gasteiger charge is -2.14. The number of nitrogens with two attached hydrogens (primary N) is 1. The van der Waals surface area contributed by atoms with Crippen molar-refractivity contribution in [2.24, 2.45) is 5.14 Å². The molecular weight excluding hydrogens is 500 g/mol. The molecular formula is C30H20N2O5S. The van der Waals surface area contributed by atoms with Gasteiger partial charge in [0.1, 0.15) is 5.75 Å². The van der Waals surface area contributed by atoms with Gasteiger partial charge in [0, 0.05) is 21.9 Å². The summed E-state index contributed by atoms with van der Waals surface area (Å²) in [4.78, 5) is 25.4. The van der Waals surface area contributed by atoms with Crippen molar-refractivity contribution in [1.29, 1.82) is 0 Å². The minimum Gasteiger partial charge on any atom is -0.454 e. The number of nitrogens with one attached hydrogen (secondary N) is 1. The maximum Gasteiger partial charge on any atom is 0.255 e. The highest BCUT2D eigenvalue weighted by molar-refractivity contribution is 7.89. The fourth-order valence-electron chi connectivity index (χ4n) is 4.49. The Labute approximate surface area is 217 Å². The van der Waals surface area contributed by atoms with Crippen molar-refractivity contribution >= 4 is 43.2 Å². The molecule has 0 heterocycles. The normalized spacial score (nSPS) is 11.7. The van der Waals surface area contributed by atoms with Gasteiger partial charge in [-0.25, -0.2) is 13.6 Å². The van der Waals surface area contributed by atoms with Gasteiger partial charge in [-0.2, -0.15) is 0 Å². The third-order valence-electron chi connectivity index (χ3n) is 6.41. The molecule has 0 aliphatic rings. The molecule has 0 aromatic heterocycles. The van der Waals surface area contributed by atoms with Crippen molar-refractivity contribution in [2.75, 3.05) is 5.32 Å². The predicted octanol–water partition coefficient (Wildman–Crippen LogP) is 5.59. The molecule has 38 heavy (non-hydrogen) atoms. The summed E-state index contributed by atoms with van der Waals surface area (Å²) in [5.74, 6) is 0.498. The monoisotopic (exact) mass is 520 g/mol. The molecule has 0 fully saturated rings. The maximum atomic E-state index is 13.1. The number of carbonyl (C=O) groups is 1. The Morgan fingerprint density at radius 1 is 0.789 bits per heavy atom. The van der Waals surface area contributed by atoms with Crippen LogP contribution < -0.4 is 20.6 Å². The van der Waals surface area contributed by atoms with Gasteiger partial charge in [0.15, 0.2) is 11.2 Å². The molecule has 1 amide bonds. The summed E-state index contributed by atoms with van der Waals surface area (Å²) < 4.78 is 30.2. The van der Waals surface area contributed by atoms with Crippen molar-refractivity contribution in [1.82, 2.24) is 0 Å². The number of hydrogen-bond donors (Lipinski definition) is 2. The molecule has 6 aromatic carbocycles. The van der Waals surface area contributed by atoms with E-state index in [2.05, 4.69) is 5.32 Å². The lowest BCUT2D eigenvalue weighted by atomic mass is 10.0. The third kappa shape index (κ3) is 4.21.